The van der Waals surface area contributed by atoms with Gasteiger partial charge in [-0.1, -0.05) is 26.8 Å². The summed E-state index contributed by atoms with van der Waals surface area (Å²) in [6.07, 6.45) is 5.73. The predicted octanol–water partition coefficient (Wildman–Crippen LogP) is 3.68. The van der Waals surface area contributed by atoms with Crippen LogP contribution in [0.4, 0.5) is 0 Å². The zero-order valence-corrected chi connectivity index (χ0v) is 15.4. The van der Waals surface area contributed by atoms with Crippen molar-refractivity contribution in [1.82, 2.24) is 0 Å². The summed E-state index contributed by atoms with van der Waals surface area (Å²) < 4.78 is 6.51. The molecule has 3 aliphatic rings. The summed E-state index contributed by atoms with van der Waals surface area (Å²) >= 11 is 0. The van der Waals surface area contributed by atoms with Crippen molar-refractivity contribution in [1.29, 1.82) is 0 Å². The molecule has 7 atom stereocenters. The van der Waals surface area contributed by atoms with Gasteiger partial charge < -0.3 is 14.9 Å². The molecule has 1 aliphatic heterocycles. The lowest BCUT2D eigenvalue weighted by molar-refractivity contribution is -0.288. The molecule has 0 radical (unpaired) electrons. The molecule has 0 aromatic heterocycles. The zero-order valence-electron chi connectivity index (χ0n) is 15.4. The second-order valence-electron chi connectivity index (χ2n) is 9.58. The first kappa shape index (κ1) is 17.4. The van der Waals surface area contributed by atoms with Crippen molar-refractivity contribution in [2.75, 3.05) is 0 Å². The minimum absolute atomic E-state index is 0.0710. The van der Waals surface area contributed by atoms with Crippen molar-refractivity contribution in [3.8, 4) is 0 Å². The maximum atomic E-state index is 10.7. The van der Waals surface area contributed by atoms with Gasteiger partial charge in [0.25, 0.3) is 0 Å². The van der Waals surface area contributed by atoms with Gasteiger partial charge in [-0.25, -0.2) is 0 Å². The molecule has 0 spiro atoms. The van der Waals surface area contributed by atoms with Crippen LogP contribution in [-0.4, -0.2) is 33.6 Å². The molecule has 3 fully saturated rings. The van der Waals surface area contributed by atoms with Crippen LogP contribution in [0.25, 0.3) is 0 Å². The van der Waals surface area contributed by atoms with E-state index in [2.05, 4.69) is 34.3 Å². The Kier molecular flexibility index (Phi) is 3.84. The Labute approximate surface area is 141 Å². The highest BCUT2D eigenvalue weighted by Gasteiger charge is 2.64. The van der Waals surface area contributed by atoms with E-state index in [1.54, 1.807) is 6.08 Å². The van der Waals surface area contributed by atoms with Gasteiger partial charge in [0.1, 0.15) is 5.60 Å². The molecule has 0 bridgehead atoms. The number of hydrogen-bond acceptors (Lipinski definition) is 3. The fraction of sp³-hybridized carbons (Fsp3) is 0.900. The van der Waals surface area contributed by atoms with Crippen LogP contribution in [0.1, 0.15) is 66.7 Å². The molecule has 3 heteroatoms. The fourth-order valence-corrected chi connectivity index (χ4v) is 6.34. The molecule has 0 amide bonds. The lowest BCUT2D eigenvalue weighted by Gasteiger charge is -2.66. The van der Waals surface area contributed by atoms with Gasteiger partial charge in [0, 0.05) is 0 Å². The van der Waals surface area contributed by atoms with Crippen molar-refractivity contribution in [3.63, 3.8) is 0 Å². The lowest BCUT2D eigenvalue weighted by Crippen LogP contribution is -2.67. The van der Waals surface area contributed by atoms with Crippen LogP contribution in [0.15, 0.2) is 12.7 Å². The largest absolute Gasteiger partial charge is 0.393 e. The molecule has 3 rings (SSSR count). The summed E-state index contributed by atoms with van der Waals surface area (Å²) in [5.41, 5.74) is -0.832. The van der Waals surface area contributed by atoms with Gasteiger partial charge in [-0.05, 0) is 68.6 Å². The van der Waals surface area contributed by atoms with Gasteiger partial charge in [0.15, 0.2) is 0 Å². The zero-order chi connectivity index (χ0) is 17.3. The average Bonchev–Trinajstić information content (AvgIpc) is 2.46. The number of hydrogen-bond donors (Lipinski definition) is 2. The van der Waals surface area contributed by atoms with Crippen molar-refractivity contribution in [2.24, 2.45) is 22.7 Å². The molecular weight excluding hydrogens is 288 g/mol. The highest BCUT2D eigenvalue weighted by molar-refractivity contribution is 5.15. The van der Waals surface area contributed by atoms with Crippen LogP contribution >= 0.6 is 0 Å². The van der Waals surface area contributed by atoms with Crippen LogP contribution in [0.2, 0.25) is 0 Å². The van der Waals surface area contributed by atoms with E-state index in [1.807, 2.05) is 6.92 Å². The Morgan fingerprint density at radius 1 is 0.957 bits per heavy atom. The number of rotatable bonds is 1. The highest BCUT2D eigenvalue weighted by atomic mass is 16.5. The Hall–Kier alpha value is -0.380. The van der Waals surface area contributed by atoms with Crippen LogP contribution in [0.3, 0.4) is 0 Å². The Morgan fingerprint density at radius 3 is 2.22 bits per heavy atom. The topological polar surface area (TPSA) is 49.7 Å². The molecule has 132 valence electrons. The minimum atomic E-state index is -0.655. The second-order valence-corrected chi connectivity index (χ2v) is 9.58. The monoisotopic (exact) mass is 322 g/mol. The normalized spacial score (nSPS) is 55.6. The third-order valence-corrected chi connectivity index (χ3v) is 7.95. The predicted molar refractivity (Wildman–Crippen MR) is 92.1 cm³/mol. The summed E-state index contributed by atoms with van der Waals surface area (Å²) in [6, 6.07) is 0. The van der Waals surface area contributed by atoms with Crippen LogP contribution < -0.4 is 0 Å². The molecule has 2 aliphatic carbocycles. The van der Waals surface area contributed by atoms with Gasteiger partial charge in [-0.3, -0.25) is 0 Å². The summed E-state index contributed by atoms with van der Waals surface area (Å²) in [5, 5.41) is 21.3. The van der Waals surface area contributed by atoms with Gasteiger partial charge in [0.05, 0.1) is 17.8 Å². The van der Waals surface area contributed by atoms with E-state index in [1.165, 1.54) is 0 Å². The maximum Gasteiger partial charge on any atom is 0.110 e. The average molecular weight is 322 g/mol. The van der Waals surface area contributed by atoms with Gasteiger partial charge in [0.2, 0.25) is 0 Å². The SMILES string of the molecule is C=C[C@@]1(C)O[C@@]2(C)CC[C@@H]3C(C)(C)[C@H](O)CC[C@@]3(C)[C@@H]2C[C@H]1O. The standard InChI is InChI=1S/C20H34O3/c1-7-19(5)16(22)12-14-18(4)10-9-15(21)17(2,3)13(18)8-11-20(14,6)23-19/h7,13-16,21-22H,1,8-12H2,2-6H3/t13-,14+,15-,16-,18-,19-,20+/m1/s1. The molecule has 0 aromatic carbocycles. The van der Waals surface area contributed by atoms with Crippen LogP contribution in [-0.2, 0) is 4.74 Å². The minimum Gasteiger partial charge on any atom is -0.393 e. The first-order chi connectivity index (χ1) is 10.5. The van der Waals surface area contributed by atoms with Crippen LogP contribution in [0.5, 0.6) is 0 Å². The summed E-state index contributed by atoms with van der Waals surface area (Å²) in [5.74, 6) is 0.796. The van der Waals surface area contributed by atoms with Crippen molar-refractivity contribution in [2.45, 2.75) is 90.1 Å². The highest BCUT2D eigenvalue weighted by Crippen LogP contribution is 2.65. The molecular formula is C20H34O3. The number of ether oxygens (including phenoxy) is 1. The molecule has 2 N–H and O–H groups in total. The van der Waals surface area contributed by atoms with Crippen LogP contribution in [0, 0.1) is 22.7 Å². The van der Waals surface area contributed by atoms with Crippen molar-refractivity contribution < 1.29 is 14.9 Å². The second kappa shape index (κ2) is 5.06. The first-order valence-electron chi connectivity index (χ1n) is 9.19. The van der Waals surface area contributed by atoms with Crippen molar-refractivity contribution >= 4 is 0 Å². The maximum absolute atomic E-state index is 10.7. The molecule has 2 saturated carbocycles. The molecule has 3 nitrogen and oxygen atoms in total. The molecule has 0 aromatic rings. The van der Waals surface area contributed by atoms with E-state index in [4.69, 9.17) is 4.74 Å². The molecule has 1 heterocycles. The van der Waals surface area contributed by atoms with Gasteiger partial charge in [-0.15, -0.1) is 6.58 Å². The Morgan fingerprint density at radius 2 is 1.61 bits per heavy atom. The van der Waals surface area contributed by atoms with Crippen molar-refractivity contribution in [3.05, 3.63) is 12.7 Å². The fourth-order valence-electron chi connectivity index (χ4n) is 6.34. The number of aliphatic hydroxyl groups is 2. The Balaban J connectivity index is 1.99. The summed E-state index contributed by atoms with van der Waals surface area (Å²) in [7, 11) is 0. The summed E-state index contributed by atoms with van der Waals surface area (Å²) in [6.45, 7) is 14.9. The molecule has 23 heavy (non-hydrogen) atoms. The third kappa shape index (κ3) is 2.26. The first-order valence-corrected chi connectivity index (χ1v) is 9.19. The Bertz CT molecular complexity index is 501. The summed E-state index contributed by atoms with van der Waals surface area (Å²) in [4.78, 5) is 0. The van der Waals surface area contributed by atoms with E-state index >= 15 is 0 Å². The van der Waals surface area contributed by atoms with E-state index in [-0.39, 0.29) is 22.5 Å². The lowest BCUT2D eigenvalue weighted by atomic mass is 9.43. The van der Waals surface area contributed by atoms with E-state index in [0.717, 1.165) is 32.1 Å². The molecule has 1 saturated heterocycles. The van der Waals surface area contributed by atoms with E-state index < -0.39 is 11.7 Å². The quantitative estimate of drug-likeness (QED) is 0.724. The number of fused-ring (bicyclic) bond motifs is 3. The smallest absolute Gasteiger partial charge is 0.110 e. The molecule has 0 unspecified atom stereocenters. The number of aliphatic hydroxyl groups excluding tert-OH is 2. The van der Waals surface area contributed by atoms with E-state index in [0.29, 0.717) is 11.8 Å². The van der Waals surface area contributed by atoms with Gasteiger partial charge >= 0.3 is 0 Å². The third-order valence-electron chi connectivity index (χ3n) is 7.95. The van der Waals surface area contributed by atoms with Gasteiger partial charge in [-0.2, -0.15) is 0 Å². The van der Waals surface area contributed by atoms with E-state index in [9.17, 15) is 10.2 Å².